The molecule has 1 heterocycles. The molecule has 1 unspecified atom stereocenters. The maximum atomic E-state index is 10.6. The van der Waals surface area contributed by atoms with E-state index in [0.717, 1.165) is 21.3 Å². The van der Waals surface area contributed by atoms with E-state index in [0.29, 0.717) is 0 Å². The monoisotopic (exact) mass is 258 g/mol. The van der Waals surface area contributed by atoms with Gasteiger partial charge in [-0.3, -0.25) is 5.32 Å². The molecule has 0 bridgehead atoms. The van der Waals surface area contributed by atoms with Crippen LogP contribution in [0, 0.1) is 0 Å². The van der Waals surface area contributed by atoms with Crippen molar-refractivity contribution in [2.45, 2.75) is 5.50 Å². The lowest BCUT2D eigenvalue weighted by atomic mass is 10.1. The highest BCUT2D eigenvalue weighted by molar-refractivity contribution is 8.07. The lowest BCUT2D eigenvalue weighted by Gasteiger charge is -2.13. The normalized spacial score (nSPS) is 17.4. The van der Waals surface area contributed by atoms with Crippen molar-refractivity contribution in [1.29, 1.82) is 0 Å². The van der Waals surface area contributed by atoms with Crippen molar-refractivity contribution in [1.82, 2.24) is 5.32 Å². The highest BCUT2D eigenvalue weighted by Crippen LogP contribution is 2.14. The van der Waals surface area contributed by atoms with Crippen molar-refractivity contribution < 1.29 is 9.90 Å². The fraction of sp³-hybridized carbons (Fsp3) is 0.0769. The standard InChI is InChI=1S/C13H10N2O2S/c16-13(17)15-12-14-11-9(7-18-12)6-5-8-3-1-2-4-10(8)11/h1-7,12,15H,(H,16,17). The smallest absolute Gasteiger partial charge is 0.407 e. The molecule has 1 aliphatic heterocycles. The highest BCUT2D eigenvalue weighted by Gasteiger charge is 2.12. The zero-order chi connectivity index (χ0) is 12.5. The summed E-state index contributed by atoms with van der Waals surface area (Å²) >= 11 is 1.36. The molecule has 0 saturated carbocycles. The number of hydrogen-bond acceptors (Lipinski definition) is 3. The van der Waals surface area contributed by atoms with Gasteiger partial charge in [0.25, 0.3) is 0 Å². The molecule has 1 amide bonds. The molecule has 0 fully saturated rings. The van der Waals surface area contributed by atoms with Gasteiger partial charge in [-0.25, -0.2) is 9.79 Å². The molecule has 0 spiro atoms. The predicted molar refractivity (Wildman–Crippen MR) is 71.7 cm³/mol. The Labute approximate surface area is 107 Å². The minimum atomic E-state index is -1.06. The van der Waals surface area contributed by atoms with Crippen molar-refractivity contribution in [3.8, 4) is 0 Å². The molecule has 2 aromatic rings. The molecule has 2 N–H and O–H groups in total. The fourth-order valence-electron chi connectivity index (χ4n) is 1.97. The topological polar surface area (TPSA) is 61.7 Å². The van der Waals surface area contributed by atoms with Crippen LogP contribution in [0.1, 0.15) is 0 Å². The third-order valence-corrected chi connectivity index (χ3v) is 3.62. The first-order chi connectivity index (χ1) is 8.74. The average molecular weight is 258 g/mol. The van der Waals surface area contributed by atoms with E-state index in [9.17, 15) is 4.79 Å². The quantitative estimate of drug-likeness (QED) is 0.814. The molecule has 90 valence electrons. The van der Waals surface area contributed by atoms with Gasteiger partial charge in [0, 0.05) is 10.6 Å². The number of benzene rings is 2. The number of nitrogens with zero attached hydrogens (tertiary/aromatic N) is 1. The van der Waals surface area contributed by atoms with E-state index in [1.54, 1.807) is 0 Å². The van der Waals surface area contributed by atoms with E-state index >= 15 is 0 Å². The Morgan fingerprint density at radius 1 is 1.28 bits per heavy atom. The maximum absolute atomic E-state index is 10.6. The first-order valence-electron chi connectivity index (χ1n) is 5.45. The van der Waals surface area contributed by atoms with Gasteiger partial charge in [0.2, 0.25) is 0 Å². The second kappa shape index (κ2) is 4.34. The van der Waals surface area contributed by atoms with Gasteiger partial charge in [-0.05, 0) is 10.8 Å². The molecular formula is C13H10N2O2S. The Kier molecular flexibility index (Phi) is 2.68. The van der Waals surface area contributed by atoms with Gasteiger partial charge >= 0.3 is 6.09 Å². The van der Waals surface area contributed by atoms with Crippen LogP contribution in [0.5, 0.6) is 0 Å². The number of carboxylic acid groups (broad SMARTS) is 1. The maximum Gasteiger partial charge on any atom is 0.407 e. The molecule has 0 aliphatic carbocycles. The van der Waals surface area contributed by atoms with Crippen LogP contribution in [0.25, 0.3) is 16.2 Å². The predicted octanol–water partition coefficient (Wildman–Crippen LogP) is 1.50. The summed E-state index contributed by atoms with van der Waals surface area (Å²) in [6, 6.07) is 12.0. The Hall–Kier alpha value is -2.01. The van der Waals surface area contributed by atoms with Gasteiger partial charge in [0.1, 0.15) is 0 Å². The van der Waals surface area contributed by atoms with E-state index in [4.69, 9.17) is 5.11 Å². The molecular weight excluding hydrogens is 248 g/mol. The Morgan fingerprint density at radius 2 is 2.11 bits per heavy atom. The van der Waals surface area contributed by atoms with Crippen LogP contribution in [-0.2, 0) is 0 Å². The van der Waals surface area contributed by atoms with Gasteiger partial charge in [0.05, 0.1) is 5.36 Å². The van der Waals surface area contributed by atoms with Gasteiger partial charge in [-0.1, -0.05) is 48.2 Å². The number of nitrogens with one attached hydrogen (secondary N) is 1. The van der Waals surface area contributed by atoms with E-state index in [-0.39, 0.29) is 0 Å². The SMILES string of the molecule is O=C(O)NC1N=c2c(ccc3ccccc23)=CS1. The summed E-state index contributed by atoms with van der Waals surface area (Å²) in [7, 11) is 0. The second-order valence-electron chi connectivity index (χ2n) is 3.91. The Balaban J connectivity index is 2.23. The molecule has 5 heteroatoms. The van der Waals surface area contributed by atoms with Crippen molar-refractivity contribution in [2.24, 2.45) is 4.99 Å². The second-order valence-corrected chi connectivity index (χ2v) is 4.86. The largest absolute Gasteiger partial charge is 0.465 e. The van der Waals surface area contributed by atoms with Crippen LogP contribution in [0.3, 0.4) is 0 Å². The fourth-order valence-corrected chi connectivity index (χ4v) is 2.77. The van der Waals surface area contributed by atoms with Crippen molar-refractivity contribution in [3.63, 3.8) is 0 Å². The van der Waals surface area contributed by atoms with Gasteiger partial charge in [-0.15, -0.1) is 0 Å². The number of rotatable bonds is 1. The van der Waals surface area contributed by atoms with E-state index < -0.39 is 11.6 Å². The molecule has 2 aromatic carbocycles. The Bertz CT molecular complexity index is 742. The molecule has 4 nitrogen and oxygen atoms in total. The number of amides is 1. The van der Waals surface area contributed by atoms with Crippen LogP contribution < -0.4 is 15.9 Å². The third kappa shape index (κ3) is 1.93. The molecule has 0 saturated heterocycles. The zero-order valence-electron chi connectivity index (χ0n) is 9.33. The summed E-state index contributed by atoms with van der Waals surface area (Å²) in [5.74, 6) is 0. The summed E-state index contributed by atoms with van der Waals surface area (Å²) in [6.45, 7) is 0. The number of hydrogen-bond donors (Lipinski definition) is 2. The lowest BCUT2D eigenvalue weighted by Crippen LogP contribution is -2.37. The molecule has 0 radical (unpaired) electrons. The minimum Gasteiger partial charge on any atom is -0.465 e. The van der Waals surface area contributed by atoms with Gasteiger partial charge < -0.3 is 5.11 Å². The van der Waals surface area contributed by atoms with Crippen LogP contribution in [0.4, 0.5) is 4.79 Å². The zero-order valence-corrected chi connectivity index (χ0v) is 10.1. The van der Waals surface area contributed by atoms with Crippen LogP contribution in [-0.4, -0.2) is 16.7 Å². The summed E-state index contributed by atoms with van der Waals surface area (Å²) in [5, 5.41) is 17.1. The summed E-state index contributed by atoms with van der Waals surface area (Å²) in [4.78, 5) is 15.1. The minimum absolute atomic E-state index is 0.471. The first kappa shape index (κ1) is 11.1. The number of fused-ring (bicyclic) bond motifs is 3. The van der Waals surface area contributed by atoms with Gasteiger partial charge in [-0.2, -0.15) is 0 Å². The number of carbonyl (C=O) groups is 1. The Morgan fingerprint density at radius 3 is 2.94 bits per heavy atom. The highest BCUT2D eigenvalue weighted by atomic mass is 32.2. The molecule has 1 atom stereocenters. The van der Waals surface area contributed by atoms with E-state index in [2.05, 4.69) is 10.3 Å². The lowest BCUT2D eigenvalue weighted by molar-refractivity contribution is 0.193. The van der Waals surface area contributed by atoms with Crippen LogP contribution in [0.15, 0.2) is 41.4 Å². The number of thioether (sulfide) groups is 1. The van der Waals surface area contributed by atoms with Gasteiger partial charge in [0.15, 0.2) is 5.50 Å². The summed E-state index contributed by atoms with van der Waals surface area (Å²) in [5.41, 5.74) is -0.471. The van der Waals surface area contributed by atoms with E-state index in [1.165, 1.54) is 11.8 Å². The molecule has 3 rings (SSSR count). The van der Waals surface area contributed by atoms with Crippen LogP contribution in [0.2, 0.25) is 0 Å². The summed E-state index contributed by atoms with van der Waals surface area (Å²) < 4.78 is 0. The van der Waals surface area contributed by atoms with Crippen molar-refractivity contribution >= 4 is 34.0 Å². The van der Waals surface area contributed by atoms with Crippen molar-refractivity contribution in [3.05, 3.63) is 47.0 Å². The average Bonchev–Trinajstić information content (AvgIpc) is 2.38. The van der Waals surface area contributed by atoms with E-state index in [1.807, 2.05) is 41.8 Å². The molecule has 18 heavy (non-hydrogen) atoms. The first-order valence-corrected chi connectivity index (χ1v) is 6.39. The summed E-state index contributed by atoms with van der Waals surface area (Å²) in [6.07, 6.45) is -1.06. The van der Waals surface area contributed by atoms with Crippen molar-refractivity contribution in [2.75, 3.05) is 0 Å². The third-order valence-electron chi connectivity index (χ3n) is 2.75. The molecule has 0 aromatic heterocycles. The van der Waals surface area contributed by atoms with Crippen LogP contribution >= 0.6 is 11.8 Å². The molecule has 1 aliphatic rings.